The van der Waals surface area contributed by atoms with Crippen molar-refractivity contribution in [3.8, 4) is 0 Å². The van der Waals surface area contributed by atoms with Crippen LogP contribution in [-0.2, 0) is 56.0 Å². The third kappa shape index (κ3) is 13.2. The lowest BCUT2D eigenvalue weighted by atomic mass is 9.12. The van der Waals surface area contributed by atoms with Crippen LogP contribution in [0, 0.1) is 10.1 Å². The van der Waals surface area contributed by atoms with Crippen LogP contribution in [0.1, 0.15) is 50.1 Å². The molecule has 0 atom stereocenters. The number of hydrogen-bond donors (Lipinski definition) is 0. The van der Waals surface area contributed by atoms with Gasteiger partial charge in [-0.15, -0.1) is 0 Å². The van der Waals surface area contributed by atoms with Crippen molar-refractivity contribution in [3.63, 3.8) is 0 Å². The standard InChI is InChI=1S/C32H12BF24.C12H11N2O2/c34-25(35,36)13-1-14(26(37,38)39)6-21(5-13)33(22-7-15(27(40,41)42)2-16(8-22)28(43,44)45,23-9-17(29(46,47)48)3-18(10-23)30(49,50)51)24-11-19(31(52,53)54)4-20(12-24)32(55,56)57;15-14(16)12-7-3-2-6-11(12)10-13-8-4-1-5-9-13/h1-12H;1-9H,10H2/q-1;+1. The van der Waals surface area contributed by atoms with Crippen LogP contribution >= 0.6 is 0 Å². The van der Waals surface area contributed by atoms with Crippen molar-refractivity contribution in [2.24, 2.45) is 0 Å². The minimum atomic E-state index is -6.13. The molecule has 392 valence electrons. The Labute approximate surface area is 392 Å². The Morgan fingerprint density at radius 1 is 0.356 bits per heavy atom. The molecule has 4 nitrogen and oxygen atoms in total. The van der Waals surface area contributed by atoms with E-state index in [1.165, 1.54) is 6.07 Å². The van der Waals surface area contributed by atoms with Crippen LogP contribution in [0.2, 0.25) is 0 Å². The number of hydrogen-bond acceptors (Lipinski definition) is 2. The van der Waals surface area contributed by atoms with Gasteiger partial charge in [0.15, 0.2) is 18.9 Å². The molecule has 5 aromatic carbocycles. The first-order valence-corrected chi connectivity index (χ1v) is 19.6. The van der Waals surface area contributed by atoms with Gasteiger partial charge in [-0.1, -0.05) is 66.7 Å². The van der Waals surface area contributed by atoms with E-state index in [-0.39, 0.29) is 10.6 Å². The van der Waals surface area contributed by atoms with Gasteiger partial charge in [0.1, 0.15) is 6.15 Å². The van der Waals surface area contributed by atoms with E-state index in [4.69, 9.17) is 0 Å². The molecule has 6 rings (SSSR count). The number of halogens is 24. The van der Waals surface area contributed by atoms with Gasteiger partial charge in [0, 0.05) is 18.2 Å². The number of nitrogens with zero attached hydrogens (tertiary/aromatic N) is 2. The zero-order valence-corrected chi connectivity index (χ0v) is 35.2. The van der Waals surface area contributed by atoms with E-state index in [1.54, 1.807) is 12.1 Å². The summed E-state index contributed by atoms with van der Waals surface area (Å²) in [6.07, 6.45) is -51.0. The molecule has 0 amide bonds. The van der Waals surface area contributed by atoms with Crippen molar-refractivity contribution in [3.05, 3.63) is 188 Å². The average Bonchev–Trinajstić information content (AvgIpc) is 3.24. The summed E-state index contributed by atoms with van der Waals surface area (Å²) >= 11 is 0. The minimum absolute atomic E-state index is 0.166. The van der Waals surface area contributed by atoms with Crippen LogP contribution in [0.15, 0.2) is 128 Å². The second kappa shape index (κ2) is 19.5. The first-order valence-electron chi connectivity index (χ1n) is 19.6. The SMILES string of the molecule is FC(F)(F)c1cc([B-](c2cc(C(F)(F)F)cc(C(F)(F)F)c2)(c2cc(C(F)(F)F)cc(C(F)(F)F)c2)c2cc(C(F)(F)F)cc(C(F)(F)F)c2)cc(C(F)(F)F)c1.O=[N+]([O-])c1ccccc1C[n+]1ccccc1. The highest BCUT2D eigenvalue weighted by molar-refractivity contribution is 7.20. The van der Waals surface area contributed by atoms with E-state index in [9.17, 15) is 115 Å². The van der Waals surface area contributed by atoms with Crippen LogP contribution in [0.5, 0.6) is 0 Å². The van der Waals surface area contributed by atoms with Crippen molar-refractivity contribution in [2.75, 3.05) is 0 Å². The van der Waals surface area contributed by atoms with E-state index in [2.05, 4.69) is 0 Å². The summed E-state index contributed by atoms with van der Waals surface area (Å²) in [5.74, 6) is 0. The maximum atomic E-state index is 14.2. The highest BCUT2D eigenvalue weighted by Gasteiger charge is 2.47. The topological polar surface area (TPSA) is 47.0 Å². The molecule has 0 bridgehead atoms. The molecule has 1 heterocycles. The van der Waals surface area contributed by atoms with Crippen LogP contribution < -0.4 is 26.4 Å². The van der Waals surface area contributed by atoms with Crippen molar-refractivity contribution in [1.29, 1.82) is 0 Å². The number of alkyl halides is 24. The van der Waals surface area contributed by atoms with Gasteiger partial charge < -0.3 is 0 Å². The molecular weight excluding hydrogens is 1060 g/mol. The molecule has 0 aliphatic carbocycles. The highest BCUT2D eigenvalue weighted by atomic mass is 19.4. The Kier molecular flexibility index (Phi) is 15.2. The van der Waals surface area contributed by atoms with E-state index in [1.807, 2.05) is 41.2 Å². The molecule has 0 aliphatic rings. The van der Waals surface area contributed by atoms with Gasteiger partial charge in [-0.05, 0) is 30.3 Å². The fraction of sp³-hybridized carbons (Fsp3) is 0.205. The lowest BCUT2D eigenvalue weighted by molar-refractivity contribution is -0.688. The molecule has 0 radical (unpaired) electrons. The number of para-hydroxylation sites is 1. The predicted molar refractivity (Wildman–Crippen MR) is 209 cm³/mol. The van der Waals surface area contributed by atoms with Gasteiger partial charge in [-0.2, -0.15) is 127 Å². The monoisotopic (exact) mass is 1080 g/mol. The van der Waals surface area contributed by atoms with Gasteiger partial charge in [-0.3, -0.25) is 10.1 Å². The zero-order chi connectivity index (χ0) is 55.3. The number of aromatic nitrogens is 1. The number of nitro groups is 1. The molecule has 29 heteroatoms. The quantitative estimate of drug-likeness (QED) is 0.0526. The lowest BCUT2D eigenvalue weighted by Crippen LogP contribution is -2.75. The van der Waals surface area contributed by atoms with Gasteiger partial charge in [0.25, 0.3) is 5.69 Å². The molecule has 6 aromatic rings. The Hall–Kier alpha value is -6.97. The van der Waals surface area contributed by atoms with Crippen molar-refractivity contribution in [1.82, 2.24) is 0 Å². The van der Waals surface area contributed by atoms with Gasteiger partial charge in [0.05, 0.1) is 55.0 Å². The summed E-state index contributed by atoms with van der Waals surface area (Å²) in [6.45, 7) is 0.512. The second-order valence-corrected chi connectivity index (χ2v) is 15.7. The number of benzene rings is 5. The summed E-state index contributed by atoms with van der Waals surface area (Å²) in [4.78, 5) is 10.5. The molecule has 0 aliphatic heterocycles. The number of rotatable bonds is 7. The van der Waals surface area contributed by atoms with Crippen molar-refractivity contribution in [2.45, 2.75) is 56.0 Å². The van der Waals surface area contributed by atoms with E-state index < -0.39 is 195 Å². The molecule has 73 heavy (non-hydrogen) atoms. The van der Waals surface area contributed by atoms with Crippen molar-refractivity contribution >= 4 is 33.7 Å². The van der Waals surface area contributed by atoms with Gasteiger partial charge >= 0.3 is 49.4 Å². The minimum Gasteiger partial charge on any atom is -0.258 e. The molecule has 0 unspecified atom stereocenters. The zero-order valence-electron chi connectivity index (χ0n) is 35.2. The maximum Gasteiger partial charge on any atom is 0.416 e. The van der Waals surface area contributed by atoms with Gasteiger partial charge in [-0.25, -0.2) is 4.57 Å². The van der Waals surface area contributed by atoms with E-state index >= 15 is 0 Å². The largest absolute Gasteiger partial charge is 0.416 e. The third-order valence-corrected chi connectivity index (χ3v) is 10.8. The highest BCUT2D eigenvalue weighted by Crippen LogP contribution is 2.41. The Balaban J connectivity index is 0.000000520. The molecule has 0 saturated carbocycles. The molecule has 0 spiro atoms. The molecule has 0 fully saturated rings. The van der Waals surface area contributed by atoms with Gasteiger partial charge in [0.2, 0.25) is 0 Å². The summed E-state index contributed by atoms with van der Waals surface area (Å²) in [6, 6.07) is 3.69. The third-order valence-electron chi connectivity index (χ3n) is 10.8. The first kappa shape index (κ1) is 56.9. The Morgan fingerprint density at radius 3 is 0.808 bits per heavy atom. The predicted octanol–water partition coefficient (Wildman–Crippen LogP) is 13.1. The number of nitro benzene ring substituents is 1. The molecule has 0 N–H and O–H groups in total. The summed E-state index contributed by atoms with van der Waals surface area (Å²) in [5.41, 5.74) is -29.3. The molecule has 1 aromatic heterocycles. The summed E-state index contributed by atoms with van der Waals surface area (Å²) < 4.78 is 343. The lowest BCUT2D eigenvalue weighted by Gasteiger charge is -2.46. The van der Waals surface area contributed by atoms with Crippen LogP contribution in [-0.4, -0.2) is 11.1 Å². The fourth-order valence-corrected chi connectivity index (χ4v) is 7.63. The molecular formula is C44H23BF24N2O2. The van der Waals surface area contributed by atoms with Crippen LogP contribution in [0.4, 0.5) is 111 Å². The van der Waals surface area contributed by atoms with Crippen LogP contribution in [0.25, 0.3) is 0 Å². The summed E-state index contributed by atoms with van der Waals surface area (Å²) in [5, 5.41) is 10.8. The first-order chi connectivity index (χ1) is 33.0. The van der Waals surface area contributed by atoms with E-state index in [0.29, 0.717) is 12.1 Å². The summed E-state index contributed by atoms with van der Waals surface area (Å²) in [7, 11) is 0. The fourth-order valence-electron chi connectivity index (χ4n) is 7.63. The normalized spacial score (nSPS) is 13.4. The van der Waals surface area contributed by atoms with E-state index in [0.717, 1.165) is 0 Å². The maximum absolute atomic E-state index is 14.2. The second-order valence-electron chi connectivity index (χ2n) is 15.7. The Morgan fingerprint density at radius 2 is 0.589 bits per heavy atom. The average molecular weight is 1080 g/mol. The number of pyridine rings is 1. The smallest absolute Gasteiger partial charge is 0.258 e. The Bertz CT molecular complexity index is 2530. The van der Waals surface area contributed by atoms with Crippen LogP contribution in [0.3, 0.4) is 0 Å². The molecule has 0 saturated heterocycles. The van der Waals surface area contributed by atoms with Crippen molar-refractivity contribution < 1.29 is 115 Å².